The van der Waals surface area contributed by atoms with Crippen LogP contribution in [0.3, 0.4) is 0 Å². The standard InChI is InChI=1S/C12H18ClN3S2/c1-3-10-15-11(13)8(2)12(16-10)14-6-9-7-17-4-5-18-9/h9H,3-7H2,1-2H3,(H,14,15,16). The van der Waals surface area contributed by atoms with Gasteiger partial charge in [-0.1, -0.05) is 18.5 Å². The largest absolute Gasteiger partial charge is 0.369 e. The fourth-order valence-corrected chi connectivity index (χ4v) is 4.53. The normalized spacial score (nSPS) is 19.8. The number of thioether (sulfide) groups is 2. The van der Waals surface area contributed by atoms with Gasteiger partial charge in [0.15, 0.2) is 0 Å². The van der Waals surface area contributed by atoms with Crippen molar-refractivity contribution in [1.29, 1.82) is 0 Å². The van der Waals surface area contributed by atoms with Gasteiger partial charge in [0.25, 0.3) is 0 Å². The molecule has 0 bridgehead atoms. The number of anilines is 1. The van der Waals surface area contributed by atoms with Gasteiger partial charge < -0.3 is 5.32 Å². The summed E-state index contributed by atoms with van der Waals surface area (Å²) in [5.41, 5.74) is 0.947. The van der Waals surface area contributed by atoms with E-state index in [1.165, 1.54) is 17.3 Å². The molecule has 1 fully saturated rings. The van der Waals surface area contributed by atoms with Gasteiger partial charge in [0.1, 0.15) is 16.8 Å². The summed E-state index contributed by atoms with van der Waals surface area (Å²) in [6.45, 7) is 4.96. The van der Waals surface area contributed by atoms with Gasteiger partial charge >= 0.3 is 0 Å². The van der Waals surface area contributed by atoms with Crippen molar-refractivity contribution in [3.05, 3.63) is 16.5 Å². The lowest BCUT2D eigenvalue weighted by atomic mass is 10.3. The molecule has 2 rings (SSSR count). The Balaban J connectivity index is 2.01. The van der Waals surface area contributed by atoms with E-state index in [1.54, 1.807) is 0 Å². The molecule has 2 heterocycles. The minimum Gasteiger partial charge on any atom is -0.369 e. The Kier molecular flexibility index (Phi) is 5.45. The highest BCUT2D eigenvalue weighted by atomic mass is 35.5. The molecule has 100 valence electrons. The Morgan fingerprint density at radius 2 is 2.22 bits per heavy atom. The zero-order valence-corrected chi connectivity index (χ0v) is 13.1. The molecule has 1 aromatic heterocycles. The summed E-state index contributed by atoms with van der Waals surface area (Å²) in [4.78, 5) is 8.76. The first kappa shape index (κ1) is 14.3. The summed E-state index contributed by atoms with van der Waals surface area (Å²) in [5.74, 6) is 5.44. The Morgan fingerprint density at radius 1 is 1.39 bits per heavy atom. The van der Waals surface area contributed by atoms with E-state index in [9.17, 15) is 0 Å². The molecule has 1 aliphatic heterocycles. The number of nitrogens with one attached hydrogen (secondary N) is 1. The summed E-state index contributed by atoms with van der Waals surface area (Å²) in [6.07, 6.45) is 0.808. The third-order valence-corrected chi connectivity index (χ3v) is 6.04. The number of hydrogen-bond donors (Lipinski definition) is 1. The van der Waals surface area contributed by atoms with E-state index in [2.05, 4.69) is 15.3 Å². The predicted molar refractivity (Wildman–Crippen MR) is 83.2 cm³/mol. The molecule has 6 heteroatoms. The van der Waals surface area contributed by atoms with Crippen molar-refractivity contribution in [2.24, 2.45) is 0 Å². The summed E-state index contributed by atoms with van der Waals surface area (Å²) < 4.78 is 0. The summed E-state index contributed by atoms with van der Waals surface area (Å²) >= 11 is 10.2. The average molecular weight is 304 g/mol. The summed E-state index contributed by atoms with van der Waals surface area (Å²) in [5, 5.41) is 4.66. The minimum absolute atomic E-state index is 0.565. The van der Waals surface area contributed by atoms with Crippen LogP contribution in [0, 0.1) is 6.92 Å². The van der Waals surface area contributed by atoms with Crippen LogP contribution in [0.15, 0.2) is 0 Å². The molecule has 0 spiro atoms. The van der Waals surface area contributed by atoms with Gasteiger partial charge in [-0.2, -0.15) is 23.5 Å². The van der Waals surface area contributed by atoms with Crippen LogP contribution in [-0.4, -0.2) is 39.0 Å². The van der Waals surface area contributed by atoms with Crippen LogP contribution in [0.1, 0.15) is 18.3 Å². The SMILES string of the molecule is CCc1nc(Cl)c(C)c(NCC2CSCCS2)n1. The van der Waals surface area contributed by atoms with Gasteiger partial charge in [0, 0.05) is 41.0 Å². The first-order valence-corrected chi connectivity index (χ1v) is 8.75. The van der Waals surface area contributed by atoms with Gasteiger partial charge in [0.2, 0.25) is 0 Å². The Bertz CT molecular complexity index is 409. The maximum Gasteiger partial charge on any atom is 0.137 e. The molecule has 3 nitrogen and oxygen atoms in total. The smallest absolute Gasteiger partial charge is 0.137 e. The van der Waals surface area contributed by atoms with Crippen LogP contribution < -0.4 is 5.32 Å². The second-order valence-corrected chi connectivity index (χ2v) is 7.12. The van der Waals surface area contributed by atoms with E-state index in [4.69, 9.17) is 11.6 Å². The van der Waals surface area contributed by atoms with Crippen molar-refractivity contribution < 1.29 is 0 Å². The second kappa shape index (κ2) is 6.87. The van der Waals surface area contributed by atoms with E-state index in [0.717, 1.165) is 30.2 Å². The van der Waals surface area contributed by atoms with E-state index in [-0.39, 0.29) is 0 Å². The van der Waals surface area contributed by atoms with Crippen LogP contribution in [-0.2, 0) is 6.42 Å². The first-order chi connectivity index (χ1) is 8.70. The van der Waals surface area contributed by atoms with Gasteiger partial charge in [0.05, 0.1) is 0 Å². The molecular formula is C12H18ClN3S2. The summed E-state index contributed by atoms with van der Waals surface area (Å²) in [7, 11) is 0. The number of rotatable bonds is 4. The van der Waals surface area contributed by atoms with Crippen LogP contribution in [0.5, 0.6) is 0 Å². The van der Waals surface area contributed by atoms with Gasteiger partial charge in [-0.15, -0.1) is 0 Å². The predicted octanol–water partition coefficient (Wildman–Crippen LogP) is 3.26. The van der Waals surface area contributed by atoms with Crippen LogP contribution in [0.25, 0.3) is 0 Å². The number of aryl methyl sites for hydroxylation is 1. The van der Waals surface area contributed by atoms with Crippen LogP contribution in [0.4, 0.5) is 5.82 Å². The highest BCUT2D eigenvalue weighted by molar-refractivity contribution is 8.06. The molecule has 1 N–H and O–H groups in total. The number of aromatic nitrogens is 2. The zero-order valence-electron chi connectivity index (χ0n) is 10.7. The molecular weight excluding hydrogens is 286 g/mol. The van der Waals surface area contributed by atoms with E-state index in [1.807, 2.05) is 37.4 Å². The average Bonchev–Trinajstić information content (AvgIpc) is 2.41. The van der Waals surface area contributed by atoms with E-state index in [0.29, 0.717) is 10.4 Å². The Morgan fingerprint density at radius 3 is 2.89 bits per heavy atom. The van der Waals surface area contributed by atoms with Crippen molar-refractivity contribution in [1.82, 2.24) is 9.97 Å². The number of nitrogens with zero attached hydrogens (tertiary/aromatic N) is 2. The maximum absolute atomic E-state index is 6.12. The van der Waals surface area contributed by atoms with Crippen molar-refractivity contribution in [3.8, 4) is 0 Å². The lowest BCUT2D eigenvalue weighted by Crippen LogP contribution is -2.24. The number of halogens is 1. The molecule has 0 amide bonds. The monoisotopic (exact) mass is 303 g/mol. The highest BCUT2D eigenvalue weighted by Crippen LogP contribution is 2.25. The second-order valence-electron chi connectivity index (χ2n) is 4.21. The molecule has 1 saturated heterocycles. The molecule has 1 aliphatic rings. The number of hydrogen-bond acceptors (Lipinski definition) is 5. The van der Waals surface area contributed by atoms with Gasteiger partial charge in [-0.25, -0.2) is 9.97 Å². The molecule has 0 radical (unpaired) electrons. The van der Waals surface area contributed by atoms with Crippen molar-refractivity contribution in [3.63, 3.8) is 0 Å². The van der Waals surface area contributed by atoms with Gasteiger partial charge in [-0.3, -0.25) is 0 Å². The highest BCUT2D eigenvalue weighted by Gasteiger charge is 2.15. The van der Waals surface area contributed by atoms with Gasteiger partial charge in [-0.05, 0) is 6.92 Å². The van der Waals surface area contributed by atoms with E-state index >= 15 is 0 Å². The third kappa shape index (κ3) is 3.68. The van der Waals surface area contributed by atoms with Crippen LogP contribution in [0.2, 0.25) is 5.15 Å². The molecule has 0 saturated carbocycles. The Labute approximate surface area is 122 Å². The van der Waals surface area contributed by atoms with Crippen molar-refractivity contribution in [2.45, 2.75) is 25.5 Å². The molecule has 1 unspecified atom stereocenters. The molecule has 0 aromatic carbocycles. The fourth-order valence-electron chi connectivity index (χ4n) is 1.73. The van der Waals surface area contributed by atoms with Crippen molar-refractivity contribution in [2.75, 3.05) is 29.1 Å². The summed E-state index contributed by atoms with van der Waals surface area (Å²) in [6, 6.07) is 0. The molecule has 18 heavy (non-hydrogen) atoms. The third-order valence-electron chi connectivity index (χ3n) is 2.83. The lowest BCUT2D eigenvalue weighted by molar-refractivity contribution is 0.914. The first-order valence-electron chi connectivity index (χ1n) is 6.17. The topological polar surface area (TPSA) is 37.8 Å². The molecule has 1 aromatic rings. The van der Waals surface area contributed by atoms with Crippen molar-refractivity contribution >= 4 is 40.9 Å². The minimum atomic E-state index is 0.565. The maximum atomic E-state index is 6.12. The molecule has 1 atom stereocenters. The Hall–Kier alpha value is -0.130. The molecule has 0 aliphatic carbocycles. The fraction of sp³-hybridized carbons (Fsp3) is 0.667. The van der Waals surface area contributed by atoms with E-state index < -0.39 is 0 Å². The quantitative estimate of drug-likeness (QED) is 0.864. The lowest BCUT2D eigenvalue weighted by Gasteiger charge is -2.22. The zero-order chi connectivity index (χ0) is 13.0. The van der Waals surface area contributed by atoms with Crippen LogP contribution >= 0.6 is 35.1 Å².